The van der Waals surface area contributed by atoms with E-state index in [1.165, 1.54) is 0 Å². The van der Waals surface area contributed by atoms with E-state index in [4.69, 9.17) is 16.7 Å². The van der Waals surface area contributed by atoms with Crippen LogP contribution in [0.5, 0.6) is 0 Å². The number of carboxylic acid groups (broad SMARTS) is 1. The van der Waals surface area contributed by atoms with Crippen molar-refractivity contribution in [3.8, 4) is 0 Å². The smallest absolute Gasteiger partial charge is 0.308 e. The number of nitrogens with zero attached hydrogens (tertiary/aromatic N) is 1. The summed E-state index contributed by atoms with van der Waals surface area (Å²) < 4.78 is 0. The highest BCUT2D eigenvalue weighted by Gasteiger charge is 2.38. The van der Waals surface area contributed by atoms with Crippen LogP contribution < -0.4 is 0 Å². The topological polar surface area (TPSA) is 57.6 Å². The molecule has 1 aromatic rings. The van der Waals surface area contributed by atoms with Gasteiger partial charge in [-0.2, -0.15) is 0 Å². The lowest BCUT2D eigenvalue weighted by atomic mass is 9.99. The maximum Gasteiger partial charge on any atom is 0.308 e. The van der Waals surface area contributed by atoms with Gasteiger partial charge in [-0.3, -0.25) is 9.59 Å². The van der Waals surface area contributed by atoms with E-state index in [1.807, 2.05) is 38.1 Å². The van der Waals surface area contributed by atoms with E-state index in [-0.39, 0.29) is 17.7 Å². The highest BCUT2D eigenvalue weighted by atomic mass is 35.5. The summed E-state index contributed by atoms with van der Waals surface area (Å²) in [6.45, 7) is 4.57. The molecule has 0 radical (unpaired) electrons. The maximum atomic E-state index is 12.5. The molecule has 21 heavy (non-hydrogen) atoms. The highest BCUT2D eigenvalue weighted by molar-refractivity contribution is 6.31. The molecule has 114 valence electrons. The number of hydrogen-bond acceptors (Lipinski definition) is 2. The lowest BCUT2D eigenvalue weighted by molar-refractivity contribution is -0.142. The quantitative estimate of drug-likeness (QED) is 0.930. The van der Waals surface area contributed by atoms with Crippen LogP contribution in [0.25, 0.3) is 0 Å². The van der Waals surface area contributed by atoms with Crippen LogP contribution in [0.3, 0.4) is 0 Å². The first-order valence-corrected chi connectivity index (χ1v) is 7.53. The molecule has 1 unspecified atom stereocenters. The third kappa shape index (κ3) is 3.56. The summed E-state index contributed by atoms with van der Waals surface area (Å²) in [5, 5.41) is 9.80. The molecule has 2 rings (SSSR count). The number of aliphatic carboxylic acids is 1. The van der Waals surface area contributed by atoms with Crippen molar-refractivity contribution in [1.29, 1.82) is 0 Å². The number of carboxylic acids is 1. The largest absolute Gasteiger partial charge is 0.481 e. The van der Waals surface area contributed by atoms with E-state index in [0.29, 0.717) is 24.5 Å². The zero-order valence-electron chi connectivity index (χ0n) is 12.3. The van der Waals surface area contributed by atoms with Crippen molar-refractivity contribution in [2.45, 2.75) is 20.3 Å². The van der Waals surface area contributed by atoms with Gasteiger partial charge in [0, 0.05) is 24.0 Å². The van der Waals surface area contributed by atoms with Gasteiger partial charge in [0.25, 0.3) is 0 Å². The average molecular weight is 310 g/mol. The Morgan fingerprint density at radius 1 is 1.38 bits per heavy atom. The zero-order chi connectivity index (χ0) is 15.6. The Balaban J connectivity index is 2.01. The van der Waals surface area contributed by atoms with Gasteiger partial charge in [-0.25, -0.2) is 0 Å². The molecule has 0 aromatic heterocycles. The Morgan fingerprint density at radius 2 is 2.05 bits per heavy atom. The monoisotopic (exact) mass is 309 g/mol. The predicted octanol–water partition coefficient (Wildman–Crippen LogP) is 2.70. The molecule has 1 fully saturated rings. The van der Waals surface area contributed by atoms with Crippen LogP contribution in [0.1, 0.15) is 19.4 Å². The average Bonchev–Trinajstić information content (AvgIpc) is 2.82. The van der Waals surface area contributed by atoms with Crippen molar-refractivity contribution in [1.82, 2.24) is 4.90 Å². The normalized spacial score (nSPS) is 23.1. The van der Waals surface area contributed by atoms with Crippen LogP contribution in [-0.4, -0.2) is 35.0 Å². The molecule has 1 aliphatic rings. The van der Waals surface area contributed by atoms with E-state index in [0.717, 1.165) is 5.56 Å². The second kappa shape index (κ2) is 6.48. The number of hydrogen-bond donors (Lipinski definition) is 1. The fraction of sp³-hybridized carbons (Fsp3) is 0.500. The Morgan fingerprint density at radius 3 is 2.62 bits per heavy atom. The number of rotatable bonds is 4. The minimum atomic E-state index is -0.823. The van der Waals surface area contributed by atoms with E-state index < -0.39 is 11.9 Å². The van der Waals surface area contributed by atoms with Crippen molar-refractivity contribution >= 4 is 23.5 Å². The van der Waals surface area contributed by atoms with Gasteiger partial charge >= 0.3 is 5.97 Å². The van der Waals surface area contributed by atoms with E-state index in [2.05, 4.69) is 0 Å². The standard InChI is InChI=1S/C16H20ClNO3/c1-10(7-12-5-3-4-6-14(12)17)15(19)18-8-11(2)13(9-18)16(20)21/h3-6,10-11,13H,7-9H2,1-2H3,(H,20,21)/t10?,11-,13-/m1/s1. The van der Waals surface area contributed by atoms with Crippen molar-refractivity contribution < 1.29 is 14.7 Å². The molecular weight excluding hydrogens is 290 g/mol. The molecule has 0 bridgehead atoms. The van der Waals surface area contributed by atoms with Crippen molar-refractivity contribution in [2.75, 3.05) is 13.1 Å². The van der Waals surface area contributed by atoms with Crippen molar-refractivity contribution in [3.63, 3.8) is 0 Å². The number of carbonyl (C=O) groups is 2. The van der Waals surface area contributed by atoms with Crippen LogP contribution in [0, 0.1) is 17.8 Å². The minimum Gasteiger partial charge on any atom is -0.481 e. The minimum absolute atomic E-state index is 0.000960. The first-order valence-electron chi connectivity index (χ1n) is 7.15. The Bertz CT molecular complexity index is 546. The van der Waals surface area contributed by atoms with Gasteiger partial charge in [0.15, 0.2) is 0 Å². The highest BCUT2D eigenvalue weighted by Crippen LogP contribution is 2.26. The molecule has 0 aliphatic carbocycles. The summed E-state index contributed by atoms with van der Waals surface area (Å²) in [4.78, 5) is 25.3. The van der Waals surface area contributed by atoms with Crippen molar-refractivity contribution in [3.05, 3.63) is 34.9 Å². The molecule has 0 saturated carbocycles. The third-order valence-corrected chi connectivity index (χ3v) is 4.52. The van der Waals surface area contributed by atoms with Gasteiger partial charge in [0.05, 0.1) is 5.92 Å². The van der Waals surface area contributed by atoms with Gasteiger partial charge in [0.1, 0.15) is 0 Å². The van der Waals surface area contributed by atoms with Crippen molar-refractivity contribution in [2.24, 2.45) is 17.8 Å². The van der Waals surface area contributed by atoms with Crippen LogP contribution >= 0.6 is 11.6 Å². The number of halogens is 1. The molecule has 0 spiro atoms. The van der Waals surface area contributed by atoms with Gasteiger partial charge in [-0.15, -0.1) is 0 Å². The predicted molar refractivity (Wildman–Crippen MR) is 81.2 cm³/mol. The van der Waals surface area contributed by atoms with Gasteiger partial charge in [-0.05, 0) is 24.0 Å². The molecule has 1 saturated heterocycles. The van der Waals surface area contributed by atoms with E-state index >= 15 is 0 Å². The molecule has 1 aliphatic heterocycles. The second-order valence-electron chi connectivity index (χ2n) is 5.86. The Kier molecular flexibility index (Phi) is 4.88. The summed E-state index contributed by atoms with van der Waals surface area (Å²) in [5.41, 5.74) is 0.946. The SMILES string of the molecule is CC(Cc1ccccc1Cl)C(=O)N1C[C@@H](C)[C@H](C(=O)O)C1. The number of carbonyl (C=O) groups excluding carboxylic acids is 1. The first-order chi connectivity index (χ1) is 9.90. The molecule has 1 heterocycles. The summed E-state index contributed by atoms with van der Waals surface area (Å²) >= 11 is 6.12. The first kappa shape index (κ1) is 15.8. The number of amides is 1. The summed E-state index contributed by atoms with van der Waals surface area (Å²) in [7, 11) is 0. The molecule has 5 heteroatoms. The fourth-order valence-electron chi connectivity index (χ4n) is 2.86. The molecule has 3 atom stereocenters. The molecular formula is C16H20ClNO3. The molecule has 1 N–H and O–H groups in total. The third-order valence-electron chi connectivity index (χ3n) is 4.15. The molecule has 1 aromatic carbocycles. The second-order valence-corrected chi connectivity index (χ2v) is 6.27. The van der Waals surface area contributed by atoms with Gasteiger partial charge < -0.3 is 10.0 Å². The van der Waals surface area contributed by atoms with E-state index in [9.17, 15) is 9.59 Å². The van der Waals surface area contributed by atoms with E-state index in [1.54, 1.807) is 4.90 Å². The van der Waals surface area contributed by atoms with Crippen LogP contribution in [0.15, 0.2) is 24.3 Å². The van der Waals surface area contributed by atoms with Gasteiger partial charge in [0.2, 0.25) is 5.91 Å². The Hall–Kier alpha value is -1.55. The summed E-state index contributed by atoms with van der Waals surface area (Å²) in [6.07, 6.45) is 0.571. The Labute approximate surface area is 129 Å². The molecule has 1 amide bonds. The lowest BCUT2D eigenvalue weighted by Gasteiger charge is -2.21. The fourth-order valence-corrected chi connectivity index (χ4v) is 3.07. The number of likely N-dealkylation sites (tertiary alicyclic amines) is 1. The maximum absolute atomic E-state index is 12.5. The van der Waals surface area contributed by atoms with Crippen LogP contribution in [-0.2, 0) is 16.0 Å². The van der Waals surface area contributed by atoms with Gasteiger partial charge in [-0.1, -0.05) is 43.6 Å². The molecule has 4 nitrogen and oxygen atoms in total. The van der Waals surface area contributed by atoms with Crippen LogP contribution in [0.2, 0.25) is 5.02 Å². The van der Waals surface area contributed by atoms with Crippen LogP contribution in [0.4, 0.5) is 0 Å². The summed E-state index contributed by atoms with van der Waals surface area (Å²) in [6, 6.07) is 7.49. The zero-order valence-corrected chi connectivity index (χ0v) is 13.0. The lowest BCUT2D eigenvalue weighted by Crippen LogP contribution is -2.35. The summed E-state index contributed by atoms with van der Waals surface area (Å²) in [5.74, 6) is -1.48. The number of benzene rings is 1.